The lowest BCUT2D eigenvalue weighted by molar-refractivity contribution is 0.767. The van der Waals surface area contributed by atoms with E-state index >= 15 is 0 Å². The van der Waals surface area contributed by atoms with Crippen molar-refractivity contribution < 1.29 is 0 Å². The largest absolute Gasteiger partial charge is 0.382 e. The SMILES string of the molecule is Cc1cc(C)c(-n2nc(C(C)C)c(Cl)c2N)c(C)c1. The predicted octanol–water partition coefficient (Wildman–Crippen LogP) is 4.16. The molecular weight excluding hydrogens is 258 g/mol. The highest BCUT2D eigenvalue weighted by molar-refractivity contribution is 6.33. The van der Waals surface area contributed by atoms with E-state index in [0.717, 1.165) is 22.5 Å². The van der Waals surface area contributed by atoms with Crippen LogP contribution in [0.15, 0.2) is 12.1 Å². The van der Waals surface area contributed by atoms with E-state index in [2.05, 4.69) is 51.9 Å². The molecule has 0 aliphatic heterocycles. The maximum Gasteiger partial charge on any atom is 0.146 e. The van der Waals surface area contributed by atoms with Crippen molar-refractivity contribution in [2.45, 2.75) is 40.5 Å². The van der Waals surface area contributed by atoms with Crippen LogP contribution in [0.1, 0.15) is 42.1 Å². The molecule has 0 amide bonds. The van der Waals surface area contributed by atoms with Gasteiger partial charge in [0.2, 0.25) is 0 Å². The van der Waals surface area contributed by atoms with Crippen LogP contribution in [0.4, 0.5) is 5.82 Å². The predicted molar refractivity (Wildman–Crippen MR) is 81.3 cm³/mol. The first-order valence-corrected chi connectivity index (χ1v) is 6.82. The normalized spacial score (nSPS) is 11.3. The molecule has 0 unspecified atom stereocenters. The number of nitrogens with zero attached hydrogens (tertiary/aromatic N) is 2. The summed E-state index contributed by atoms with van der Waals surface area (Å²) < 4.78 is 1.77. The molecule has 0 atom stereocenters. The zero-order valence-electron chi connectivity index (χ0n) is 12.1. The molecule has 2 rings (SSSR count). The lowest BCUT2D eigenvalue weighted by Gasteiger charge is -2.12. The highest BCUT2D eigenvalue weighted by Gasteiger charge is 2.19. The third kappa shape index (κ3) is 2.35. The highest BCUT2D eigenvalue weighted by Crippen LogP contribution is 2.32. The fraction of sp³-hybridized carbons (Fsp3) is 0.400. The third-order valence-electron chi connectivity index (χ3n) is 3.28. The molecule has 1 aromatic carbocycles. The molecule has 0 saturated carbocycles. The van der Waals surface area contributed by atoms with E-state index in [-0.39, 0.29) is 5.92 Å². The third-order valence-corrected chi connectivity index (χ3v) is 3.67. The van der Waals surface area contributed by atoms with Gasteiger partial charge in [-0.1, -0.05) is 43.1 Å². The minimum Gasteiger partial charge on any atom is -0.382 e. The smallest absolute Gasteiger partial charge is 0.146 e. The number of hydrogen-bond donors (Lipinski definition) is 1. The first kappa shape index (κ1) is 13.9. The summed E-state index contributed by atoms with van der Waals surface area (Å²) >= 11 is 6.29. The lowest BCUT2D eigenvalue weighted by atomic mass is 10.1. The number of nitrogen functional groups attached to an aromatic ring is 1. The van der Waals surface area contributed by atoms with Crippen LogP contribution < -0.4 is 5.73 Å². The molecule has 0 fully saturated rings. The molecule has 19 heavy (non-hydrogen) atoms. The van der Waals surface area contributed by atoms with Crippen molar-refractivity contribution in [3.8, 4) is 5.69 Å². The van der Waals surface area contributed by atoms with Crippen LogP contribution in [-0.4, -0.2) is 9.78 Å². The molecule has 0 aliphatic rings. The Morgan fingerprint density at radius 1 is 1.16 bits per heavy atom. The quantitative estimate of drug-likeness (QED) is 0.896. The van der Waals surface area contributed by atoms with E-state index in [1.165, 1.54) is 5.56 Å². The van der Waals surface area contributed by atoms with Gasteiger partial charge in [-0.05, 0) is 37.8 Å². The molecule has 2 aromatic rings. The number of rotatable bonds is 2. The van der Waals surface area contributed by atoms with E-state index in [9.17, 15) is 0 Å². The lowest BCUT2D eigenvalue weighted by Crippen LogP contribution is -2.06. The fourth-order valence-corrected chi connectivity index (χ4v) is 2.81. The van der Waals surface area contributed by atoms with Crippen molar-refractivity contribution in [3.63, 3.8) is 0 Å². The van der Waals surface area contributed by atoms with Crippen molar-refractivity contribution in [1.82, 2.24) is 9.78 Å². The van der Waals surface area contributed by atoms with Crippen molar-refractivity contribution in [1.29, 1.82) is 0 Å². The Labute approximate surface area is 119 Å². The second-order valence-electron chi connectivity index (χ2n) is 5.40. The number of hydrogen-bond acceptors (Lipinski definition) is 2. The van der Waals surface area contributed by atoms with Crippen LogP contribution >= 0.6 is 11.6 Å². The molecule has 0 bridgehead atoms. The Bertz CT molecular complexity index is 604. The summed E-state index contributed by atoms with van der Waals surface area (Å²) in [6.07, 6.45) is 0. The number of aromatic nitrogens is 2. The van der Waals surface area contributed by atoms with Crippen molar-refractivity contribution in [3.05, 3.63) is 39.5 Å². The van der Waals surface area contributed by atoms with Crippen LogP contribution in [0, 0.1) is 20.8 Å². The molecule has 1 aromatic heterocycles. The summed E-state index contributed by atoms with van der Waals surface area (Å²) in [5.74, 6) is 0.766. The molecular formula is C15H20ClN3. The van der Waals surface area contributed by atoms with Gasteiger partial charge in [-0.3, -0.25) is 0 Å². The molecule has 1 heterocycles. The zero-order chi connectivity index (χ0) is 14.3. The zero-order valence-corrected chi connectivity index (χ0v) is 12.8. The average molecular weight is 278 g/mol. The fourth-order valence-electron chi connectivity index (χ4n) is 2.48. The van der Waals surface area contributed by atoms with Crippen LogP contribution in [0.5, 0.6) is 0 Å². The van der Waals surface area contributed by atoms with Gasteiger partial charge in [0.05, 0.1) is 11.4 Å². The minimum absolute atomic E-state index is 0.252. The second-order valence-corrected chi connectivity index (χ2v) is 5.78. The Balaban J connectivity index is 2.70. The summed E-state index contributed by atoms with van der Waals surface area (Å²) in [6.45, 7) is 10.3. The van der Waals surface area contributed by atoms with Gasteiger partial charge >= 0.3 is 0 Å². The standard InChI is InChI=1S/C15H20ClN3/c1-8(2)13-12(16)15(17)19(18-13)14-10(4)6-9(3)7-11(14)5/h6-8H,17H2,1-5H3. The summed E-state index contributed by atoms with van der Waals surface area (Å²) in [5.41, 5.74) is 11.5. The molecule has 2 N–H and O–H groups in total. The van der Waals surface area contributed by atoms with Crippen LogP contribution in [0.2, 0.25) is 5.02 Å². The van der Waals surface area contributed by atoms with E-state index in [4.69, 9.17) is 17.3 Å². The van der Waals surface area contributed by atoms with Gasteiger partial charge in [-0.25, -0.2) is 4.68 Å². The van der Waals surface area contributed by atoms with E-state index in [0.29, 0.717) is 10.8 Å². The Hall–Kier alpha value is -1.48. The van der Waals surface area contributed by atoms with Crippen molar-refractivity contribution in [2.24, 2.45) is 0 Å². The van der Waals surface area contributed by atoms with Crippen molar-refractivity contribution >= 4 is 17.4 Å². The molecule has 3 nitrogen and oxygen atoms in total. The van der Waals surface area contributed by atoms with Gasteiger partial charge in [-0.15, -0.1) is 0 Å². The Kier molecular flexibility index (Phi) is 3.59. The van der Waals surface area contributed by atoms with Gasteiger partial charge in [-0.2, -0.15) is 5.10 Å². The summed E-state index contributed by atoms with van der Waals surface area (Å²) in [6, 6.07) is 4.26. The van der Waals surface area contributed by atoms with Gasteiger partial charge in [0.25, 0.3) is 0 Å². The minimum atomic E-state index is 0.252. The summed E-state index contributed by atoms with van der Waals surface area (Å²) in [5, 5.41) is 5.15. The first-order valence-electron chi connectivity index (χ1n) is 6.45. The van der Waals surface area contributed by atoms with E-state index < -0.39 is 0 Å². The first-order chi connectivity index (χ1) is 8.82. The molecule has 4 heteroatoms. The van der Waals surface area contributed by atoms with Crippen LogP contribution in [0.25, 0.3) is 5.69 Å². The number of nitrogens with two attached hydrogens (primary N) is 1. The van der Waals surface area contributed by atoms with E-state index in [1.807, 2.05) is 0 Å². The number of halogens is 1. The number of aryl methyl sites for hydroxylation is 3. The molecule has 0 saturated heterocycles. The highest BCUT2D eigenvalue weighted by atomic mass is 35.5. The Morgan fingerprint density at radius 2 is 1.68 bits per heavy atom. The molecule has 102 valence electrons. The molecule has 0 spiro atoms. The summed E-state index contributed by atoms with van der Waals surface area (Å²) in [7, 11) is 0. The maximum absolute atomic E-state index is 6.29. The van der Waals surface area contributed by atoms with E-state index in [1.54, 1.807) is 4.68 Å². The van der Waals surface area contributed by atoms with Crippen molar-refractivity contribution in [2.75, 3.05) is 5.73 Å². The average Bonchev–Trinajstić information content (AvgIpc) is 2.56. The molecule has 0 radical (unpaired) electrons. The van der Waals surface area contributed by atoms with Gasteiger partial charge < -0.3 is 5.73 Å². The molecule has 0 aliphatic carbocycles. The monoisotopic (exact) mass is 277 g/mol. The van der Waals surface area contributed by atoms with Gasteiger partial charge in [0.15, 0.2) is 0 Å². The Morgan fingerprint density at radius 3 is 2.11 bits per heavy atom. The van der Waals surface area contributed by atoms with Gasteiger partial charge in [0, 0.05) is 0 Å². The second kappa shape index (κ2) is 4.89. The number of anilines is 1. The number of benzene rings is 1. The summed E-state index contributed by atoms with van der Waals surface area (Å²) in [4.78, 5) is 0. The van der Waals surface area contributed by atoms with Gasteiger partial charge in [0.1, 0.15) is 10.8 Å². The maximum atomic E-state index is 6.29. The topological polar surface area (TPSA) is 43.8 Å². The van der Waals surface area contributed by atoms with Crippen LogP contribution in [0.3, 0.4) is 0 Å². The van der Waals surface area contributed by atoms with Crippen LogP contribution in [-0.2, 0) is 0 Å².